The number of rotatable bonds is 4. The summed E-state index contributed by atoms with van der Waals surface area (Å²) in [6.45, 7) is 1.55. The lowest BCUT2D eigenvalue weighted by Crippen LogP contribution is -2.42. The fourth-order valence-corrected chi connectivity index (χ4v) is 3.46. The molecule has 23 heavy (non-hydrogen) atoms. The molecule has 2 rings (SSSR count). The van der Waals surface area contributed by atoms with Crippen LogP contribution in [0.15, 0.2) is 23.1 Å². The maximum atomic E-state index is 12.4. The second-order valence-electron chi connectivity index (χ2n) is 4.68. The maximum absolute atomic E-state index is 12.4. The zero-order valence-corrected chi connectivity index (χ0v) is 14.4. The van der Waals surface area contributed by atoms with Crippen molar-refractivity contribution in [2.24, 2.45) is 0 Å². The van der Waals surface area contributed by atoms with Gasteiger partial charge in [0, 0.05) is 0 Å². The predicted octanol–water partition coefficient (Wildman–Crippen LogP) is 2.16. The molecule has 0 aromatic heterocycles. The van der Waals surface area contributed by atoms with Gasteiger partial charge < -0.3 is 14.6 Å². The van der Waals surface area contributed by atoms with Crippen LogP contribution in [0.25, 0.3) is 6.08 Å². The highest BCUT2D eigenvalue weighted by Gasteiger charge is 2.38. The molecule has 1 fully saturated rings. The standard InChI is InChI=1S/C15H15NO5S2/c1-8(14(19)21-3)16-13(18)12(23-15(16)22)7-9-4-5-11(20-2)10(17)6-9/h4-8,17H,1-3H3/b12-7-/t8-/m1/s1. The number of aromatic hydroxyl groups is 1. The van der Waals surface area contributed by atoms with Gasteiger partial charge in [0.2, 0.25) is 0 Å². The lowest BCUT2D eigenvalue weighted by atomic mass is 10.2. The molecule has 0 radical (unpaired) electrons. The van der Waals surface area contributed by atoms with E-state index in [9.17, 15) is 14.7 Å². The summed E-state index contributed by atoms with van der Waals surface area (Å²) >= 11 is 6.27. The van der Waals surface area contributed by atoms with Gasteiger partial charge in [0.25, 0.3) is 5.91 Å². The molecule has 1 N–H and O–H groups in total. The summed E-state index contributed by atoms with van der Waals surface area (Å²) in [5, 5.41) is 9.78. The van der Waals surface area contributed by atoms with Gasteiger partial charge >= 0.3 is 5.97 Å². The number of nitrogens with zero attached hydrogens (tertiary/aromatic N) is 1. The van der Waals surface area contributed by atoms with Crippen LogP contribution >= 0.6 is 24.0 Å². The zero-order valence-electron chi connectivity index (χ0n) is 12.7. The second kappa shape index (κ2) is 7.01. The number of carbonyl (C=O) groups is 2. The van der Waals surface area contributed by atoms with E-state index in [1.54, 1.807) is 25.1 Å². The van der Waals surface area contributed by atoms with Crippen LogP contribution in [0.2, 0.25) is 0 Å². The van der Waals surface area contributed by atoms with Crippen LogP contribution in [-0.4, -0.2) is 46.5 Å². The van der Waals surface area contributed by atoms with E-state index in [0.717, 1.165) is 11.8 Å². The molecule has 0 spiro atoms. The van der Waals surface area contributed by atoms with Crippen molar-refractivity contribution in [3.8, 4) is 11.5 Å². The Kier molecular flexibility index (Phi) is 5.27. The molecule has 0 bridgehead atoms. The minimum atomic E-state index is -0.789. The third-order valence-electron chi connectivity index (χ3n) is 3.25. The van der Waals surface area contributed by atoms with Gasteiger partial charge in [-0.05, 0) is 30.7 Å². The van der Waals surface area contributed by atoms with E-state index >= 15 is 0 Å². The molecule has 1 aliphatic rings. The Morgan fingerprint density at radius 1 is 1.43 bits per heavy atom. The van der Waals surface area contributed by atoms with Crippen molar-refractivity contribution < 1.29 is 24.2 Å². The molecule has 8 heteroatoms. The fraction of sp³-hybridized carbons (Fsp3) is 0.267. The molecule has 0 aliphatic carbocycles. The van der Waals surface area contributed by atoms with Crippen molar-refractivity contribution in [1.29, 1.82) is 0 Å². The number of benzene rings is 1. The smallest absolute Gasteiger partial charge is 0.328 e. The molecule has 1 aromatic carbocycles. The molecule has 0 unspecified atom stereocenters. The molecule has 1 aliphatic heterocycles. The van der Waals surface area contributed by atoms with Crippen LogP contribution in [0.1, 0.15) is 12.5 Å². The van der Waals surface area contributed by atoms with Crippen LogP contribution in [0.4, 0.5) is 0 Å². The molecule has 6 nitrogen and oxygen atoms in total. The van der Waals surface area contributed by atoms with Gasteiger partial charge in [-0.25, -0.2) is 4.79 Å². The number of phenolic OH excluding ortho intramolecular Hbond substituents is 1. The van der Waals surface area contributed by atoms with E-state index < -0.39 is 12.0 Å². The van der Waals surface area contributed by atoms with Crippen molar-refractivity contribution in [3.05, 3.63) is 28.7 Å². The van der Waals surface area contributed by atoms with E-state index in [1.165, 1.54) is 25.2 Å². The van der Waals surface area contributed by atoms with Gasteiger partial charge in [0.15, 0.2) is 11.5 Å². The molecular weight excluding hydrogens is 338 g/mol. The van der Waals surface area contributed by atoms with Crippen LogP contribution in [-0.2, 0) is 14.3 Å². The Hall–Kier alpha value is -2.06. The fourth-order valence-electron chi connectivity index (χ4n) is 2.04. The van der Waals surface area contributed by atoms with Gasteiger partial charge in [0.1, 0.15) is 10.4 Å². The number of phenols is 1. The van der Waals surface area contributed by atoms with Gasteiger partial charge in [-0.15, -0.1) is 0 Å². The molecular formula is C15H15NO5S2. The number of methoxy groups -OCH3 is 2. The molecule has 1 heterocycles. The minimum absolute atomic E-state index is 0.0281. The highest BCUT2D eigenvalue weighted by molar-refractivity contribution is 8.26. The van der Waals surface area contributed by atoms with Gasteiger partial charge in [0.05, 0.1) is 19.1 Å². The molecule has 0 saturated carbocycles. The van der Waals surface area contributed by atoms with E-state index in [0.29, 0.717) is 16.2 Å². The van der Waals surface area contributed by atoms with Crippen molar-refractivity contribution in [3.63, 3.8) is 0 Å². The number of thioether (sulfide) groups is 1. The zero-order chi connectivity index (χ0) is 17.1. The molecule has 1 saturated heterocycles. The third-order valence-corrected chi connectivity index (χ3v) is 4.58. The highest BCUT2D eigenvalue weighted by atomic mass is 32.2. The van der Waals surface area contributed by atoms with E-state index in [4.69, 9.17) is 17.0 Å². The first-order chi connectivity index (χ1) is 10.9. The Labute approximate surface area is 143 Å². The number of esters is 1. The minimum Gasteiger partial charge on any atom is -0.504 e. The predicted molar refractivity (Wildman–Crippen MR) is 91.1 cm³/mol. The summed E-state index contributed by atoms with van der Waals surface area (Å²) in [6, 6.07) is 3.99. The molecule has 1 aromatic rings. The summed E-state index contributed by atoms with van der Waals surface area (Å²) in [6.07, 6.45) is 1.60. The Bertz CT molecular complexity index is 701. The monoisotopic (exact) mass is 353 g/mol. The summed E-state index contributed by atoms with van der Waals surface area (Å²) < 4.78 is 9.91. The number of amides is 1. The Balaban J connectivity index is 2.28. The summed E-state index contributed by atoms with van der Waals surface area (Å²) in [7, 11) is 2.71. The Morgan fingerprint density at radius 2 is 2.13 bits per heavy atom. The number of hydrogen-bond donors (Lipinski definition) is 1. The van der Waals surface area contributed by atoms with Gasteiger partial charge in [-0.2, -0.15) is 0 Å². The quantitative estimate of drug-likeness (QED) is 0.505. The average Bonchev–Trinajstić information content (AvgIpc) is 2.80. The lowest BCUT2D eigenvalue weighted by Gasteiger charge is -2.20. The topological polar surface area (TPSA) is 76.1 Å². The molecule has 1 atom stereocenters. The first-order valence-corrected chi connectivity index (χ1v) is 7.83. The SMILES string of the molecule is COC(=O)[C@@H](C)N1C(=O)/C(=C/c2ccc(OC)c(O)c2)SC1=S. The molecule has 1 amide bonds. The third kappa shape index (κ3) is 3.48. The van der Waals surface area contributed by atoms with Crippen molar-refractivity contribution in [2.45, 2.75) is 13.0 Å². The average molecular weight is 353 g/mol. The number of ether oxygens (including phenoxy) is 2. The summed E-state index contributed by atoms with van der Waals surface area (Å²) in [4.78, 5) is 25.7. The van der Waals surface area contributed by atoms with E-state index in [-0.39, 0.29) is 16.0 Å². The van der Waals surface area contributed by atoms with E-state index in [2.05, 4.69) is 4.74 Å². The number of thiocarbonyl (C=S) groups is 1. The first-order valence-electron chi connectivity index (χ1n) is 6.61. The number of carbonyl (C=O) groups excluding carboxylic acids is 2. The number of hydrogen-bond acceptors (Lipinski definition) is 7. The van der Waals surface area contributed by atoms with Crippen LogP contribution in [0.3, 0.4) is 0 Å². The maximum Gasteiger partial charge on any atom is 0.328 e. The van der Waals surface area contributed by atoms with Crippen molar-refractivity contribution in [2.75, 3.05) is 14.2 Å². The Morgan fingerprint density at radius 3 is 2.70 bits per heavy atom. The van der Waals surface area contributed by atoms with Gasteiger partial charge in [-0.1, -0.05) is 30.0 Å². The van der Waals surface area contributed by atoms with E-state index in [1.807, 2.05) is 0 Å². The van der Waals surface area contributed by atoms with Crippen LogP contribution in [0, 0.1) is 0 Å². The van der Waals surface area contributed by atoms with Gasteiger partial charge in [-0.3, -0.25) is 9.69 Å². The summed E-state index contributed by atoms with van der Waals surface area (Å²) in [5.74, 6) is -0.591. The largest absolute Gasteiger partial charge is 0.504 e. The highest BCUT2D eigenvalue weighted by Crippen LogP contribution is 2.35. The van der Waals surface area contributed by atoms with Crippen molar-refractivity contribution >= 4 is 46.3 Å². The first kappa shape index (κ1) is 17.3. The van der Waals surface area contributed by atoms with Crippen LogP contribution < -0.4 is 4.74 Å². The second-order valence-corrected chi connectivity index (χ2v) is 6.36. The molecule has 122 valence electrons. The summed E-state index contributed by atoms with van der Waals surface area (Å²) in [5.41, 5.74) is 0.620. The lowest BCUT2D eigenvalue weighted by molar-refractivity contribution is -0.147. The van der Waals surface area contributed by atoms with Crippen molar-refractivity contribution in [1.82, 2.24) is 4.90 Å². The van der Waals surface area contributed by atoms with Crippen LogP contribution in [0.5, 0.6) is 11.5 Å². The normalized spacial score (nSPS) is 17.5.